The maximum atomic E-state index is 10.7. The summed E-state index contributed by atoms with van der Waals surface area (Å²) in [5.74, 6) is -13.2. The molecule has 0 amide bonds. The molecule has 4 aromatic rings. The molecule has 0 aromatic carbocycles. The maximum absolute atomic E-state index is 10.7. The fourth-order valence-electron chi connectivity index (χ4n) is 4.26. The normalized spacial score (nSPS) is 18.5. The molecule has 4 N–H and O–H groups in total. The molecular formula is C32H28N4O8. The molecule has 1 saturated carbocycles. The number of aromatic nitrogens is 4. The van der Waals surface area contributed by atoms with Gasteiger partial charge in [0.1, 0.15) is 0 Å². The van der Waals surface area contributed by atoms with Gasteiger partial charge in [0, 0.05) is 49.6 Å². The van der Waals surface area contributed by atoms with Crippen LogP contribution in [-0.2, 0) is 19.2 Å². The predicted octanol–water partition coefficient (Wildman–Crippen LogP) is 4.10. The Hall–Kier alpha value is -6.04. The number of hydrogen-bond donors (Lipinski definition) is 4. The number of carboxylic acid groups (broad SMARTS) is 4. The van der Waals surface area contributed by atoms with Crippen LogP contribution in [0.4, 0.5) is 0 Å². The Morgan fingerprint density at radius 1 is 0.386 bits per heavy atom. The van der Waals surface area contributed by atoms with Gasteiger partial charge in [0.2, 0.25) is 0 Å². The molecule has 12 heteroatoms. The van der Waals surface area contributed by atoms with E-state index in [1.165, 1.54) is 0 Å². The van der Waals surface area contributed by atoms with Gasteiger partial charge in [0.25, 0.3) is 0 Å². The number of carbonyl (C=O) groups is 4. The highest BCUT2D eigenvalue weighted by molar-refractivity contribution is 5.96. The van der Waals surface area contributed by atoms with Gasteiger partial charge in [0.15, 0.2) is 0 Å². The maximum Gasteiger partial charge on any atom is 0.308 e. The van der Waals surface area contributed by atoms with Crippen LogP contribution in [0.15, 0.2) is 98.1 Å². The van der Waals surface area contributed by atoms with Gasteiger partial charge < -0.3 is 20.4 Å². The molecule has 0 saturated heterocycles. The third-order valence-corrected chi connectivity index (χ3v) is 6.45. The minimum absolute atomic E-state index is 1.15. The lowest BCUT2D eigenvalue weighted by Gasteiger charge is -2.42. The topological polar surface area (TPSA) is 201 Å². The van der Waals surface area contributed by atoms with E-state index in [2.05, 4.69) is 44.2 Å². The lowest BCUT2D eigenvalue weighted by Crippen LogP contribution is -2.59. The predicted molar refractivity (Wildman–Crippen MR) is 159 cm³/mol. The van der Waals surface area contributed by atoms with Gasteiger partial charge in [-0.3, -0.25) is 39.1 Å². The SMILES string of the molecule is C(=C\c1ccncc1)/c1ccncc1.C(=C\c1ccncc1)/c1ccncc1.O=C(O)C1C(C(=O)O)C(C(=O)O)C1C(=O)O. The first-order chi connectivity index (χ1) is 21.2. The Labute approximate surface area is 251 Å². The van der Waals surface area contributed by atoms with Crippen LogP contribution in [0.25, 0.3) is 24.3 Å². The van der Waals surface area contributed by atoms with Gasteiger partial charge in [-0.2, -0.15) is 0 Å². The fraction of sp³-hybridized carbons (Fsp3) is 0.125. The highest BCUT2D eigenvalue weighted by Gasteiger charge is 2.64. The first-order valence-corrected chi connectivity index (χ1v) is 13.1. The molecular weight excluding hydrogens is 568 g/mol. The molecule has 224 valence electrons. The molecule has 12 nitrogen and oxygen atoms in total. The second-order valence-electron chi connectivity index (χ2n) is 9.24. The summed E-state index contributed by atoms with van der Waals surface area (Å²) in [4.78, 5) is 58.5. The van der Waals surface area contributed by atoms with Gasteiger partial charge in [-0.25, -0.2) is 0 Å². The van der Waals surface area contributed by atoms with Crippen molar-refractivity contribution in [1.29, 1.82) is 0 Å². The van der Waals surface area contributed by atoms with Crippen molar-refractivity contribution in [2.75, 3.05) is 0 Å². The second kappa shape index (κ2) is 16.4. The molecule has 4 heterocycles. The van der Waals surface area contributed by atoms with E-state index in [1.807, 2.05) is 48.5 Å². The van der Waals surface area contributed by atoms with E-state index in [1.54, 1.807) is 49.6 Å². The number of pyridine rings is 4. The van der Waals surface area contributed by atoms with Gasteiger partial charge in [-0.15, -0.1) is 0 Å². The van der Waals surface area contributed by atoms with E-state index in [9.17, 15) is 19.2 Å². The molecule has 44 heavy (non-hydrogen) atoms. The minimum Gasteiger partial charge on any atom is -0.481 e. The van der Waals surface area contributed by atoms with E-state index in [0.717, 1.165) is 22.3 Å². The summed E-state index contributed by atoms with van der Waals surface area (Å²) in [6.45, 7) is 0. The molecule has 0 unspecified atom stereocenters. The lowest BCUT2D eigenvalue weighted by atomic mass is 9.56. The Morgan fingerprint density at radius 2 is 0.545 bits per heavy atom. The molecule has 1 fully saturated rings. The summed E-state index contributed by atoms with van der Waals surface area (Å²) >= 11 is 0. The van der Waals surface area contributed by atoms with Crippen LogP contribution in [0.1, 0.15) is 22.3 Å². The van der Waals surface area contributed by atoms with Gasteiger partial charge >= 0.3 is 23.9 Å². The van der Waals surface area contributed by atoms with Crippen molar-refractivity contribution in [2.24, 2.45) is 23.7 Å². The van der Waals surface area contributed by atoms with Crippen LogP contribution in [0.3, 0.4) is 0 Å². The summed E-state index contributed by atoms with van der Waals surface area (Å²) in [6, 6.07) is 15.8. The summed E-state index contributed by atoms with van der Waals surface area (Å²) in [6.07, 6.45) is 22.5. The van der Waals surface area contributed by atoms with Gasteiger partial charge in [-0.1, -0.05) is 24.3 Å². The summed E-state index contributed by atoms with van der Waals surface area (Å²) < 4.78 is 0. The van der Waals surface area contributed by atoms with Crippen molar-refractivity contribution in [1.82, 2.24) is 19.9 Å². The molecule has 0 spiro atoms. The Bertz CT molecular complexity index is 1340. The quantitative estimate of drug-likeness (QED) is 0.227. The number of hydrogen-bond acceptors (Lipinski definition) is 8. The van der Waals surface area contributed by atoms with Crippen molar-refractivity contribution in [3.05, 3.63) is 120 Å². The van der Waals surface area contributed by atoms with Gasteiger partial charge in [0.05, 0.1) is 23.7 Å². The monoisotopic (exact) mass is 596 g/mol. The number of aliphatic carboxylic acids is 4. The zero-order valence-corrected chi connectivity index (χ0v) is 23.1. The molecule has 0 radical (unpaired) electrons. The highest BCUT2D eigenvalue weighted by atomic mass is 16.4. The van der Waals surface area contributed by atoms with Crippen LogP contribution in [0, 0.1) is 23.7 Å². The molecule has 0 aliphatic heterocycles. The van der Waals surface area contributed by atoms with Crippen molar-refractivity contribution in [2.45, 2.75) is 0 Å². The van der Waals surface area contributed by atoms with E-state index >= 15 is 0 Å². The third-order valence-electron chi connectivity index (χ3n) is 6.45. The average Bonchev–Trinajstić information content (AvgIpc) is 3.00. The molecule has 1 aliphatic carbocycles. The fourth-order valence-corrected chi connectivity index (χ4v) is 4.26. The Balaban J connectivity index is 0.000000181. The van der Waals surface area contributed by atoms with Crippen LogP contribution in [0.5, 0.6) is 0 Å². The van der Waals surface area contributed by atoms with Crippen molar-refractivity contribution in [3.63, 3.8) is 0 Å². The number of nitrogens with zero attached hydrogens (tertiary/aromatic N) is 4. The van der Waals surface area contributed by atoms with E-state index in [4.69, 9.17) is 20.4 Å². The zero-order valence-electron chi connectivity index (χ0n) is 23.1. The first kappa shape index (κ1) is 32.5. The Kier molecular flexibility index (Phi) is 12.1. The van der Waals surface area contributed by atoms with Crippen molar-refractivity contribution >= 4 is 48.2 Å². The van der Waals surface area contributed by atoms with E-state index < -0.39 is 47.5 Å². The highest BCUT2D eigenvalue weighted by Crippen LogP contribution is 2.47. The van der Waals surface area contributed by atoms with E-state index in [-0.39, 0.29) is 0 Å². The largest absolute Gasteiger partial charge is 0.481 e. The summed E-state index contributed by atoms with van der Waals surface area (Å²) in [5.41, 5.74) is 4.60. The van der Waals surface area contributed by atoms with Crippen LogP contribution < -0.4 is 0 Å². The summed E-state index contributed by atoms with van der Waals surface area (Å²) in [7, 11) is 0. The third kappa shape index (κ3) is 9.52. The molecule has 4 aromatic heterocycles. The van der Waals surface area contributed by atoms with Crippen molar-refractivity contribution in [3.8, 4) is 0 Å². The second-order valence-corrected chi connectivity index (χ2v) is 9.24. The molecule has 0 bridgehead atoms. The minimum atomic E-state index is -1.70. The zero-order chi connectivity index (χ0) is 31.9. The smallest absolute Gasteiger partial charge is 0.308 e. The number of carboxylic acids is 4. The first-order valence-electron chi connectivity index (χ1n) is 13.1. The van der Waals surface area contributed by atoms with Crippen LogP contribution >= 0.6 is 0 Å². The van der Waals surface area contributed by atoms with Gasteiger partial charge in [-0.05, 0) is 70.8 Å². The average molecular weight is 597 g/mol. The molecule has 1 aliphatic rings. The van der Waals surface area contributed by atoms with Crippen LogP contribution in [-0.4, -0.2) is 64.2 Å². The standard InChI is InChI=1S/2C12H10N2.C8H8O8/c2*1(11-3-7-13-8-4-11)2-12-5-9-14-10-6-12;9-5(10)1-2(6(11)12)4(8(15)16)3(1)7(13)14/h2*1-10H;1-4H,(H,9,10)(H,11,12)(H,13,14)(H,15,16)/b2*2-1+;. The van der Waals surface area contributed by atoms with Crippen molar-refractivity contribution < 1.29 is 39.6 Å². The number of rotatable bonds is 8. The van der Waals surface area contributed by atoms with E-state index in [0.29, 0.717) is 0 Å². The summed E-state index contributed by atoms with van der Waals surface area (Å²) in [5, 5.41) is 34.6. The lowest BCUT2D eigenvalue weighted by molar-refractivity contribution is -0.191. The molecule has 0 atom stereocenters. The Morgan fingerprint density at radius 3 is 0.682 bits per heavy atom. The van der Waals surface area contributed by atoms with Crippen LogP contribution in [0.2, 0.25) is 0 Å². The molecule has 5 rings (SSSR count).